The number of Topliss-reactive ketones (excluding diaryl/α,β-unsaturated/α-hetero) is 1. The van der Waals surface area contributed by atoms with Crippen LogP contribution in [0.15, 0.2) is 71.2 Å². The van der Waals surface area contributed by atoms with Crippen LogP contribution in [0, 0.1) is 26.9 Å². The smallest absolute Gasteiger partial charge is 0.271 e. The van der Waals surface area contributed by atoms with Crippen LogP contribution in [0.2, 0.25) is 5.02 Å². The van der Waals surface area contributed by atoms with Crippen molar-refractivity contribution < 1.29 is 9.72 Å². The van der Waals surface area contributed by atoms with Gasteiger partial charge < -0.3 is 5.73 Å². The van der Waals surface area contributed by atoms with E-state index in [-0.39, 0.29) is 28.3 Å². The molecule has 1 heterocycles. The zero-order chi connectivity index (χ0) is 23.2. The summed E-state index contributed by atoms with van der Waals surface area (Å²) in [6.45, 7) is 3.98. The largest absolute Gasteiger partial charge is 0.384 e. The van der Waals surface area contributed by atoms with Crippen LogP contribution in [0.3, 0.4) is 0 Å². The van der Waals surface area contributed by atoms with Crippen molar-refractivity contribution in [2.75, 3.05) is 4.90 Å². The van der Waals surface area contributed by atoms with E-state index in [0.29, 0.717) is 40.4 Å². The van der Waals surface area contributed by atoms with Gasteiger partial charge in [0.05, 0.1) is 28.2 Å². The van der Waals surface area contributed by atoms with Gasteiger partial charge in [0.15, 0.2) is 5.78 Å². The summed E-state index contributed by atoms with van der Waals surface area (Å²) in [5.74, 6) is -0.638. The highest BCUT2D eigenvalue weighted by atomic mass is 35.5. The van der Waals surface area contributed by atoms with E-state index in [2.05, 4.69) is 6.07 Å². The monoisotopic (exact) mass is 448 g/mol. The third-order valence-corrected chi connectivity index (χ3v) is 6.24. The fourth-order valence-electron chi connectivity index (χ4n) is 4.57. The lowest BCUT2D eigenvalue weighted by atomic mass is 9.68. The number of halogens is 1. The Kier molecular flexibility index (Phi) is 5.27. The number of carbonyl (C=O) groups is 1. The summed E-state index contributed by atoms with van der Waals surface area (Å²) in [4.78, 5) is 25.9. The number of benzene rings is 2. The molecular weight excluding hydrogens is 428 g/mol. The van der Waals surface area contributed by atoms with E-state index in [1.54, 1.807) is 41.3 Å². The standard InChI is InChI=1S/C24H21ClN4O3/c1-24(2)11-19-22(20(30)12-24)21(16-8-3-4-9-18(16)25)17(13-26)23(27)28(19)14-6-5-7-15(10-14)29(31)32/h3-10,21H,11-12,27H2,1-2H3/t21-/m1/s1. The van der Waals surface area contributed by atoms with Crippen molar-refractivity contribution in [3.05, 3.63) is 91.9 Å². The predicted octanol–water partition coefficient (Wildman–Crippen LogP) is 5.19. The van der Waals surface area contributed by atoms with Crippen LogP contribution in [0.5, 0.6) is 0 Å². The minimum Gasteiger partial charge on any atom is -0.384 e. The van der Waals surface area contributed by atoms with Crippen LogP contribution in [0.4, 0.5) is 11.4 Å². The van der Waals surface area contributed by atoms with Gasteiger partial charge in [-0.1, -0.05) is 49.7 Å². The fourth-order valence-corrected chi connectivity index (χ4v) is 4.81. The number of nitriles is 1. The van der Waals surface area contributed by atoms with Gasteiger partial charge in [-0.2, -0.15) is 5.26 Å². The average molecular weight is 449 g/mol. The normalized spacial score (nSPS) is 20.1. The molecule has 0 amide bonds. The molecule has 2 aromatic carbocycles. The number of rotatable bonds is 3. The van der Waals surface area contributed by atoms with E-state index in [0.717, 1.165) is 0 Å². The molecule has 32 heavy (non-hydrogen) atoms. The lowest BCUT2D eigenvalue weighted by Crippen LogP contribution is -2.42. The summed E-state index contributed by atoms with van der Waals surface area (Å²) in [6, 6.07) is 15.3. The molecule has 7 nitrogen and oxygen atoms in total. The molecule has 0 aromatic heterocycles. The SMILES string of the molecule is CC1(C)CC(=O)C2=C(C1)N(c1cccc([N+](=O)[O-])c1)C(N)=C(C#N)[C@H]2c1ccccc1Cl. The van der Waals surface area contributed by atoms with Gasteiger partial charge in [0.1, 0.15) is 5.82 Å². The number of anilines is 1. The second-order valence-corrected chi connectivity index (χ2v) is 9.19. The molecule has 0 radical (unpaired) electrons. The molecule has 4 rings (SSSR count). The van der Waals surface area contributed by atoms with Gasteiger partial charge in [0, 0.05) is 34.8 Å². The van der Waals surface area contributed by atoms with Gasteiger partial charge in [0.25, 0.3) is 5.69 Å². The quantitative estimate of drug-likeness (QED) is 0.510. The Labute approximate surface area is 190 Å². The van der Waals surface area contributed by atoms with E-state index in [1.807, 2.05) is 13.8 Å². The van der Waals surface area contributed by atoms with Crippen molar-refractivity contribution in [1.82, 2.24) is 0 Å². The van der Waals surface area contributed by atoms with Crippen LogP contribution in [-0.4, -0.2) is 10.7 Å². The highest BCUT2D eigenvalue weighted by Gasteiger charge is 2.45. The number of nitro groups is 1. The summed E-state index contributed by atoms with van der Waals surface area (Å²) >= 11 is 6.48. The summed E-state index contributed by atoms with van der Waals surface area (Å²) in [5, 5.41) is 21.9. The third-order valence-electron chi connectivity index (χ3n) is 5.90. The van der Waals surface area contributed by atoms with Crippen molar-refractivity contribution in [2.45, 2.75) is 32.6 Å². The summed E-state index contributed by atoms with van der Waals surface area (Å²) in [5.41, 5.74) is 8.45. The minimum atomic E-state index is -0.692. The highest BCUT2D eigenvalue weighted by Crippen LogP contribution is 2.51. The van der Waals surface area contributed by atoms with Crippen molar-refractivity contribution in [3.8, 4) is 6.07 Å². The first kappa shape index (κ1) is 21.6. The van der Waals surface area contributed by atoms with Gasteiger partial charge in [-0.25, -0.2) is 0 Å². The molecule has 0 fully saturated rings. The first-order chi connectivity index (χ1) is 15.1. The summed E-state index contributed by atoms with van der Waals surface area (Å²) < 4.78 is 0. The number of non-ortho nitro benzene ring substituents is 1. The second kappa shape index (κ2) is 7.81. The zero-order valence-electron chi connectivity index (χ0n) is 17.6. The number of ketones is 1. The number of hydrogen-bond acceptors (Lipinski definition) is 6. The van der Waals surface area contributed by atoms with Crippen LogP contribution >= 0.6 is 11.6 Å². The Morgan fingerprint density at radius 1 is 1.22 bits per heavy atom. The van der Waals surface area contributed by atoms with Gasteiger partial charge >= 0.3 is 0 Å². The molecule has 8 heteroatoms. The van der Waals surface area contributed by atoms with Gasteiger partial charge in [-0.05, 0) is 29.5 Å². The van der Waals surface area contributed by atoms with Gasteiger partial charge in [-0.3, -0.25) is 19.8 Å². The lowest BCUT2D eigenvalue weighted by Gasteiger charge is -2.43. The Hall–Kier alpha value is -3.63. The second-order valence-electron chi connectivity index (χ2n) is 8.78. The predicted molar refractivity (Wildman–Crippen MR) is 122 cm³/mol. The van der Waals surface area contributed by atoms with Crippen LogP contribution < -0.4 is 10.6 Å². The average Bonchev–Trinajstić information content (AvgIpc) is 2.72. The van der Waals surface area contributed by atoms with Crippen LogP contribution in [-0.2, 0) is 4.79 Å². The van der Waals surface area contributed by atoms with E-state index < -0.39 is 10.8 Å². The van der Waals surface area contributed by atoms with Crippen LogP contribution in [0.1, 0.15) is 38.2 Å². The molecule has 0 spiro atoms. The summed E-state index contributed by atoms with van der Waals surface area (Å²) in [6.07, 6.45) is 0.825. The van der Waals surface area contributed by atoms with Gasteiger partial charge in [-0.15, -0.1) is 0 Å². The molecule has 0 bridgehead atoms. The number of carbonyl (C=O) groups excluding carboxylic acids is 1. The molecule has 0 saturated heterocycles. The molecule has 2 aromatic rings. The van der Waals surface area contributed by atoms with E-state index >= 15 is 0 Å². The van der Waals surface area contributed by atoms with Gasteiger partial charge in [0.2, 0.25) is 0 Å². The van der Waals surface area contributed by atoms with E-state index in [9.17, 15) is 20.2 Å². The highest BCUT2D eigenvalue weighted by molar-refractivity contribution is 6.31. The summed E-state index contributed by atoms with van der Waals surface area (Å²) in [7, 11) is 0. The molecule has 0 saturated carbocycles. The van der Waals surface area contributed by atoms with Crippen molar-refractivity contribution in [3.63, 3.8) is 0 Å². The van der Waals surface area contributed by atoms with Crippen LogP contribution in [0.25, 0.3) is 0 Å². The Morgan fingerprint density at radius 3 is 2.59 bits per heavy atom. The number of nitro benzene ring substituents is 1. The third kappa shape index (κ3) is 3.53. The number of hydrogen-bond donors (Lipinski definition) is 1. The fraction of sp³-hybridized carbons (Fsp3) is 0.250. The number of allylic oxidation sites excluding steroid dienone is 3. The lowest BCUT2D eigenvalue weighted by molar-refractivity contribution is -0.384. The molecule has 2 aliphatic rings. The number of nitrogens with zero attached hydrogens (tertiary/aromatic N) is 3. The van der Waals surface area contributed by atoms with Crippen molar-refractivity contribution >= 4 is 28.8 Å². The first-order valence-electron chi connectivity index (χ1n) is 10.1. The zero-order valence-corrected chi connectivity index (χ0v) is 18.4. The topological polar surface area (TPSA) is 113 Å². The molecular formula is C24H21ClN4O3. The molecule has 0 unspecified atom stereocenters. The molecule has 2 N–H and O–H groups in total. The minimum absolute atomic E-state index is 0.0862. The molecule has 1 aliphatic heterocycles. The maximum absolute atomic E-state index is 13.5. The molecule has 1 aliphatic carbocycles. The maximum Gasteiger partial charge on any atom is 0.271 e. The Bertz CT molecular complexity index is 1260. The van der Waals surface area contributed by atoms with Crippen molar-refractivity contribution in [1.29, 1.82) is 5.26 Å². The Balaban J connectivity index is 2.02. The molecule has 162 valence electrons. The first-order valence-corrected chi connectivity index (χ1v) is 10.5. The van der Waals surface area contributed by atoms with Crippen molar-refractivity contribution in [2.24, 2.45) is 11.1 Å². The molecule has 1 atom stereocenters. The van der Waals surface area contributed by atoms with E-state index in [4.69, 9.17) is 17.3 Å². The Morgan fingerprint density at radius 2 is 1.94 bits per heavy atom. The number of nitrogens with two attached hydrogens (primary N) is 1. The van der Waals surface area contributed by atoms with E-state index in [1.165, 1.54) is 12.1 Å². The maximum atomic E-state index is 13.5.